The predicted molar refractivity (Wildman–Crippen MR) is 114 cm³/mol. The Bertz CT molecular complexity index is 1120. The number of amides is 1. The summed E-state index contributed by atoms with van der Waals surface area (Å²) in [5.74, 6) is -0.0243. The van der Waals surface area contributed by atoms with Gasteiger partial charge in [-0.15, -0.1) is 0 Å². The number of hydrogen-bond donors (Lipinski definition) is 2. The molecule has 0 unspecified atom stereocenters. The summed E-state index contributed by atoms with van der Waals surface area (Å²) >= 11 is 0. The molecular formula is C23H26N4O3. The van der Waals surface area contributed by atoms with E-state index in [0.29, 0.717) is 35.6 Å². The zero-order valence-corrected chi connectivity index (χ0v) is 17.5. The molecule has 0 atom stereocenters. The van der Waals surface area contributed by atoms with Gasteiger partial charge >= 0.3 is 0 Å². The van der Waals surface area contributed by atoms with E-state index in [1.165, 1.54) is 0 Å². The number of hydrogen-bond acceptors (Lipinski definition) is 5. The van der Waals surface area contributed by atoms with Crippen LogP contribution in [-0.2, 0) is 10.4 Å². The third-order valence-electron chi connectivity index (χ3n) is 5.58. The molecule has 1 aliphatic rings. The number of Topliss-reactive ketones (excluding diaryl/α,β-unsaturated/α-hetero) is 1. The van der Waals surface area contributed by atoms with E-state index in [-0.39, 0.29) is 11.9 Å². The lowest BCUT2D eigenvalue weighted by atomic mass is 9.94. The predicted octanol–water partition coefficient (Wildman–Crippen LogP) is 3.90. The third-order valence-corrected chi connectivity index (χ3v) is 5.58. The minimum absolute atomic E-state index is 0.190. The van der Waals surface area contributed by atoms with Gasteiger partial charge in [0.2, 0.25) is 0 Å². The van der Waals surface area contributed by atoms with Gasteiger partial charge in [0.15, 0.2) is 0 Å². The zero-order valence-electron chi connectivity index (χ0n) is 17.5. The SMILES string of the molecule is Cc1cccc(C(=O)Nc2cc3cn(C4CCC(=O)CC4)nc3cc2C(C)(C)O)n1. The smallest absolute Gasteiger partial charge is 0.274 e. The molecule has 2 heterocycles. The molecule has 1 aliphatic carbocycles. The first-order valence-corrected chi connectivity index (χ1v) is 10.2. The normalized spacial score (nSPS) is 15.5. The second-order valence-corrected chi connectivity index (χ2v) is 8.51. The van der Waals surface area contributed by atoms with E-state index in [4.69, 9.17) is 5.10 Å². The monoisotopic (exact) mass is 406 g/mol. The summed E-state index contributed by atoms with van der Waals surface area (Å²) in [6, 6.07) is 9.13. The highest BCUT2D eigenvalue weighted by Crippen LogP contribution is 2.34. The van der Waals surface area contributed by atoms with Crippen molar-refractivity contribution in [3.63, 3.8) is 0 Å². The Morgan fingerprint density at radius 2 is 1.97 bits per heavy atom. The molecule has 0 saturated heterocycles. The van der Waals surface area contributed by atoms with Crippen LogP contribution in [0, 0.1) is 6.92 Å². The number of aryl methyl sites for hydroxylation is 1. The van der Waals surface area contributed by atoms with Crippen LogP contribution >= 0.6 is 0 Å². The number of nitrogens with one attached hydrogen (secondary N) is 1. The molecule has 30 heavy (non-hydrogen) atoms. The Morgan fingerprint density at radius 3 is 2.63 bits per heavy atom. The molecule has 7 nitrogen and oxygen atoms in total. The van der Waals surface area contributed by atoms with Gasteiger partial charge in [0.1, 0.15) is 11.5 Å². The molecule has 7 heteroatoms. The van der Waals surface area contributed by atoms with Gasteiger partial charge in [-0.25, -0.2) is 4.98 Å². The number of aliphatic hydroxyl groups is 1. The number of carbonyl (C=O) groups is 2. The quantitative estimate of drug-likeness (QED) is 0.685. The highest BCUT2D eigenvalue weighted by atomic mass is 16.3. The van der Waals surface area contributed by atoms with Crippen LogP contribution < -0.4 is 5.32 Å². The number of anilines is 1. The number of nitrogens with zero attached hydrogens (tertiary/aromatic N) is 3. The van der Waals surface area contributed by atoms with Gasteiger partial charge in [0.05, 0.1) is 17.2 Å². The summed E-state index contributed by atoms with van der Waals surface area (Å²) in [5.41, 5.74) is 1.77. The van der Waals surface area contributed by atoms with Crippen molar-refractivity contribution in [2.45, 2.75) is 58.1 Å². The van der Waals surface area contributed by atoms with Gasteiger partial charge in [0, 0.05) is 41.4 Å². The maximum atomic E-state index is 12.8. The molecule has 156 valence electrons. The second-order valence-electron chi connectivity index (χ2n) is 8.51. The van der Waals surface area contributed by atoms with E-state index < -0.39 is 5.60 Å². The number of pyridine rings is 1. The fourth-order valence-electron chi connectivity index (χ4n) is 3.93. The molecule has 1 amide bonds. The van der Waals surface area contributed by atoms with Gasteiger partial charge < -0.3 is 10.4 Å². The Labute approximate surface area is 175 Å². The first-order valence-electron chi connectivity index (χ1n) is 10.2. The summed E-state index contributed by atoms with van der Waals surface area (Å²) in [7, 11) is 0. The maximum absolute atomic E-state index is 12.8. The largest absolute Gasteiger partial charge is 0.386 e. The average molecular weight is 406 g/mol. The van der Waals surface area contributed by atoms with Crippen LogP contribution in [0.1, 0.15) is 67.3 Å². The molecular weight excluding hydrogens is 380 g/mol. The molecule has 4 rings (SSSR count). The van der Waals surface area contributed by atoms with Crippen molar-refractivity contribution in [2.75, 3.05) is 5.32 Å². The van der Waals surface area contributed by atoms with Gasteiger partial charge in [-0.3, -0.25) is 14.3 Å². The van der Waals surface area contributed by atoms with Crippen molar-refractivity contribution in [1.82, 2.24) is 14.8 Å². The number of benzene rings is 1. The number of carbonyl (C=O) groups excluding carboxylic acids is 2. The lowest BCUT2D eigenvalue weighted by Crippen LogP contribution is -2.21. The lowest BCUT2D eigenvalue weighted by molar-refractivity contribution is -0.120. The van der Waals surface area contributed by atoms with Crippen molar-refractivity contribution >= 4 is 28.3 Å². The van der Waals surface area contributed by atoms with E-state index in [1.54, 1.807) is 26.0 Å². The molecule has 2 aromatic heterocycles. The van der Waals surface area contributed by atoms with Crippen molar-refractivity contribution in [3.8, 4) is 0 Å². The van der Waals surface area contributed by atoms with Crippen molar-refractivity contribution < 1.29 is 14.7 Å². The fraction of sp³-hybridized carbons (Fsp3) is 0.391. The molecule has 3 aromatic rings. The minimum Gasteiger partial charge on any atom is -0.386 e. The van der Waals surface area contributed by atoms with Gasteiger partial charge in [0.25, 0.3) is 5.91 Å². The molecule has 1 aromatic carbocycles. The molecule has 0 bridgehead atoms. The Balaban J connectivity index is 1.70. The molecule has 2 N–H and O–H groups in total. The van der Waals surface area contributed by atoms with Crippen LogP contribution in [0.4, 0.5) is 5.69 Å². The van der Waals surface area contributed by atoms with Crippen LogP contribution in [0.25, 0.3) is 10.9 Å². The van der Waals surface area contributed by atoms with Crippen LogP contribution in [0.5, 0.6) is 0 Å². The van der Waals surface area contributed by atoms with Crippen molar-refractivity contribution in [1.29, 1.82) is 0 Å². The van der Waals surface area contributed by atoms with Crippen molar-refractivity contribution in [3.05, 3.63) is 53.5 Å². The van der Waals surface area contributed by atoms with Gasteiger partial charge in [-0.2, -0.15) is 5.10 Å². The van der Waals surface area contributed by atoms with Crippen LogP contribution in [-0.4, -0.2) is 31.6 Å². The average Bonchev–Trinajstić information content (AvgIpc) is 3.10. The van der Waals surface area contributed by atoms with Gasteiger partial charge in [-0.1, -0.05) is 6.07 Å². The molecule has 0 spiro atoms. The zero-order chi connectivity index (χ0) is 21.5. The van der Waals surface area contributed by atoms with E-state index in [9.17, 15) is 14.7 Å². The molecule has 1 saturated carbocycles. The fourth-order valence-corrected chi connectivity index (χ4v) is 3.93. The van der Waals surface area contributed by atoms with Crippen LogP contribution in [0.2, 0.25) is 0 Å². The first kappa shape index (κ1) is 20.2. The molecule has 0 radical (unpaired) electrons. The summed E-state index contributed by atoms with van der Waals surface area (Å²) in [6.07, 6.45) is 4.69. The molecule has 1 fully saturated rings. The van der Waals surface area contributed by atoms with Crippen molar-refractivity contribution in [2.24, 2.45) is 0 Å². The number of aromatic nitrogens is 3. The Hall–Kier alpha value is -3.06. The second kappa shape index (κ2) is 7.65. The number of ketones is 1. The Morgan fingerprint density at radius 1 is 1.23 bits per heavy atom. The standard InChI is InChI=1S/C23H26N4O3/c1-14-5-4-6-19(24-14)22(29)25-21-11-15-13-27(16-7-9-17(28)10-8-16)26-20(15)12-18(21)23(2,3)30/h4-6,11-13,16,30H,7-10H2,1-3H3,(H,25,29). The third kappa shape index (κ3) is 4.11. The van der Waals surface area contributed by atoms with E-state index >= 15 is 0 Å². The van der Waals surface area contributed by atoms with E-state index in [0.717, 1.165) is 29.4 Å². The minimum atomic E-state index is -1.17. The lowest BCUT2D eigenvalue weighted by Gasteiger charge is -2.22. The summed E-state index contributed by atoms with van der Waals surface area (Å²) < 4.78 is 1.92. The summed E-state index contributed by atoms with van der Waals surface area (Å²) in [6.45, 7) is 5.19. The highest BCUT2D eigenvalue weighted by Gasteiger charge is 2.25. The Kier molecular flexibility index (Phi) is 5.15. The summed E-state index contributed by atoms with van der Waals surface area (Å²) in [4.78, 5) is 28.6. The summed E-state index contributed by atoms with van der Waals surface area (Å²) in [5, 5.41) is 19.2. The first-order chi connectivity index (χ1) is 14.2. The van der Waals surface area contributed by atoms with E-state index in [2.05, 4.69) is 10.3 Å². The number of rotatable bonds is 4. The number of fused-ring (bicyclic) bond motifs is 1. The molecule has 0 aliphatic heterocycles. The van der Waals surface area contributed by atoms with Crippen LogP contribution in [0.15, 0.2) is 36.5 Å². The highest BCUT2D eigenvalue weighted by molar-refractivity contribution is 6.04. The van der Waals surface area contributed by atoms with Gasteiger partial charge in [-0.05, 0) is 57.9 Å². The maximum Gasteiger partial charge on any atom is 0.274 e. The van der Waals surface area contributed by atoms with E-state index in [1.807, 2.05) is 36.0 Å². The topological polar surface area (TPSA) is 97.1 Å². The van der Waals surface area contributed by atoms with Crippen LogP contribution in [0.3, 0.4) is 0 Å².